The van der Waals surface area contributed by atoms with Crippen molar-refractivity contribution in [2.45, 2.75) is 0 Å². The standard InChI is InChI=1S/C10H9N7/c11-7-2-1-3-8(4-7)13-9-5-12-6-10-14-15-16-17(9)10/h1-6,13H,11H2. The highest BCUT2D eigenvalue weighted by Gasteiger charge is 2.03. The van der Waals surface area contributed by atoms with Gasteiger partial charge in [0.15, 0.2) is 11.5 Å². The second-order valence-corrected chi connectivity index (χ2v) is 3.49. The number of fused-ring (bicyclic) bond motifs is 1. The molecule has 0 radical (unpaired) electrons. The van der Waals surface area contributed by atoms with Crippen LogP contribution in [-0.4, -0.2) is 25.0 Å². The van der Waals surface area contributed by atoms with Gasteiger partial charge >= 0.3 is 0 Å². The number of rotatable bonds is 2. The first-order valence-electron chi connectivity index (χ1n) is 4.97. The Morgan fingerprint density at radius 3 is 3.06 bits per heavy atom. The highest BCUT2D eigenvalue weighted by Crippen LogP contribution is 2.17. The normalized spacial score (nSPS) is 10.6. The maximum atomic E-state index is 5.70. The van der Waals surface area contributed by atoms with Crippen molar-refractivity contribution in [3.8, 4) is 0 Å². The zero-order valence-corrected chi connectivity index (χ0v) is 8.78. The Hall–Kier alpha value is -2.70. The summed E-state index contributed by atoms with van der Waals surface area (Å²) in [5.74, 6) is 0.679. The van der Waals surface area contributed by atoms with Gasteiger partial charge in [-0.15, -0.1) is 5.10 Å². The quantitative estimate of drug-likeness (QED) is 0.630. The van der Waals surface area contributed by atoms with E-state index in [9.17, 15) is 0 Å². The van der Waals surface area contributed by atoms with Gasteiger partial charge in [0, 0.05) is 11.4 Å². The maximum Gasteiger partial charge on any atom is 0.199 e. The first-order valence-corrected chi connectivity index (χ1v) is 4.97. The lowest BCUT2D eigenvalue weighted by Crippen LogP contribution is -2.01. The fourth-order valence-corrected chi connectivity index (χ4v) is 1.52. The van der Waals surface area contributed by atoms with E-state index in [4.69, 9.17) is 5.73 Å². The molecule has 0 spiro atoms. The topological polar surface area (TPSA) is 94.0 Å². The molecule has 84 valence electrons. The third kappa shape index (κ3) is 1.73. The zero-order valence-electron chi connectivity index (χ0n) is 8.78. The number of hydrogen-bond donors (Lipinski definition) is 2. The minimum Gasteiger partial charge on any atom is -0.399 e. The third-order valence-corrected chi connectivity index (χ3v) is 2.27. The number of nitrogens with zero attached hydrogens (tertiary/aromatic N) is 5. The van der Waals surface area contributed by atoms with Gasteiger partial charge < -0.3 is 11.1 Å². The molecule has 0 aliphatic carbocycles. The van der Waals surface area contributed by atoms with E-state index >= 15 is 0 Å². The van der Waals surface area contributed by atoms with Crippen molar-refractivity contribution in [3.05, 3.63) is 36.7 Å². The molecule has 0 saturated heterocycles. The van der Waals surface area contributed by atoms with Crippen LogP contribution in [0.3, 0.4) is 0 Å². The van der Waals surface area contributed by atoms with E-state index in [-0.39, 0.29) is 0 Å². The minimum absolute atomic E-state index is 0.582. The monoisotopic (exact) mass is 227 g/mol. The van der Waals surface area contributed by atoms with E-state index in [1.54, 1.807) is 16.9 Å². The lowest BCUT2D eigenvalue weighted by Gasteiger charge is -2.06. The van der Waals surface area contributed by atoms with E-state index in [1.807, 2.05) is 24.3 Å². The summed E-state index contributed by atoms with van der Waals surface area (Å²) in [5, 5.41) is 14.4. The predicted molar refractivity (Wildman–Crippen MR) is 62.7 cm³/mol. The summed E-state index contributed by atoms with van der Waals surface area (Å²) in [6.45, 7) is 0. The molecule has 1 aromatic carbocycles. The Kier molecular flexibility index (Phi) is 2.08. The van der Waals surface area contributed by atoms with Gasteiger partial charge in [0.05, 0.1) is 12.4 Å². The van der Waals surface area contributed by atoms with Crippen LogP contribution < -0.4 is 11.1 Å². The van der Waals surface area contributed by atoms with Crippen LogP contribution in [0.5, 0.6) is 0 Å². The van der Waals surface area contributed by atoms with Crippen molar-refractivity contribution in [1.82, 2.24) is 25.0 Å². The Morgan fingerprint density at radius 1 is 1.24 bits per heavy atom. The molecule has 3 aromatic rings. The maximum absolute atomic E-state index is 5.70. The Labute approximate surface area is 96.3 Å². The van der Waals surface area contributed by atoms with Crippen molar-refractivity contribution in [1.29, 1.82) is 0 Å². The van der Waals surface area contributed by atoms with E-state index in [1.165, 1.54) is 0 Å². The second kappa shape index (κ2) is 3.71. The number of anilines is 3. The van der Waals surface area contributed by atoms with E-state index in [0.29, 0.717) is 17.2 Å². The Morgan fingerprint density at radius 2 is 2.18 bits per heavy atom. The molecule has 3 rings (SSSR count). The lowest BCUT2D eigenvalue weighted by atomic mass is 10.3. The molecule has 0 aliphatic heterocycles. The van der Waals surface area contributed by atoms with Crippen LogP contribution in [-0.2, 0) is 0 Å². The fraction of sp³-hybridized carbons (Fsp3) is 0. The van der Waals surface area contributed by atoms with Gasteiger partial charge in [-0.05, 0) is 28.6 Å². The summed E-state index contributed by atoms with van der Waals surface area (Å²) in [6.07, 6.45) is 3.23. The van der Waals surface area contributed by atoms with Crippen LogP contribution >= 0.6 is 0 Å². The van der Waals surface area contributed by atoms with Gasteiger partial charge in [-0.1, -0.05) is 6.07 Å². The molecule has 0 amide bonds. The van der Waals surface area contributed by atoms with Gasteiger partial charge in [-0.25, -0.2) is 0 Å². The predicted octanol–water partition coefficient (Wildman–Crippen LogP) is 0.845. The van der Waals surface area contributed by atoms with Crippen LogP contribution in [0.25, 0.3) is 5.65 Å². The average molecular weight is 227 g/mol. The summed E-state index contributed by atoms with van der Waals surface area (Å²) in [7, 11) is 0. The Bertz CT molecular complexity index is 660. The van der Waals surface area contributed by atoms with Crippen molar-refractivity contribution in [3.63, 3.8) is 0 Å². The number of nitrogens with one attached hydrogen (secondary N) is 1. The largest absolute Gasteiger partial charge is 0.399 e. The van der Waals surface area contributed by atoms with Crippen LogP contribution in [0.4, 0.5) is 17.2 Å². The number of hydrogen-bond acceptors (Lipinski definition) is 6. The molecule has 0 fully saturated rings. The summed E-state index contributed by atoms with van der Waals surface area (Å²) in [5.41, 5.74) is 7.83. The Balaban J connectivity index is 2.02. The SMILES string of the molecule is Nc1cccc(Nc2cncc3nnnn23)c1. The lowest BCUT2D eigenvalue weighted by molar-refractivity contribution is 0.826. The van der Waals surface area contributed by atoms with Crippen molar-refractivity contribution in [2.75, 3.05) is 11.1 Å². The molecule has 0 unspecified atom stereocenters. The minimum atomic E-state index is 0.582. The molecule has 0 saturated carbocycles. The van der Waals surface area contributed by atoms with Gasteiger partial charge in [0.2, 0.25) is 0 Å². The molecule has 2 heterocycles. The summed E-state index contributed by atoms with van der Waals surface area (Å²) >= 11 is 0. The molecule has 0 atom stereocenters. The number of aromatic nitrogens is 5. The average Bonchev–Trinajstić information content (AvgIpc) is 2.78. The van der Waals surface area contributed by atoms with Gasteiger partial charge in [0.25, 0.3) is 0 Å². The molecule has 7 nitrogen and oxygen atoms in total. The molecule has 17 heavy (non-hydrogen) atoms. The van der Waals surface area contributed by atoms with E-state index in [2.05, 4.69) is 25.8 Å². The number of tetrazole rings is 1. The van der Waals surface area contributed by atoms with Gasteiger partial charge in [0.1, 0.15) is 0 Å². The van der Waals surface area contributed by atoms with E-state index < -0.39 is 0 Å². The van der Waals surface area contributed by atoms with Crippen LogP contribution in [0.15, 0.2) is 36.7 Å². The van der Waals surface area contributed by atoms with Crippen molar-refractivity contribution in [2.24, 2.45) is 0 Å². The van der Waals surface area contributed by atoms with Gasteiger partial charge in [-0.3, -0.25) is 4.98 Å². The third-order valence-electron chi connectivity index (χ3n) is 2.27. The second-order valence-electron chi connectivity index (χ2n) is 3.49. The molecule has 2 aromatic heterocycles. The highest BCUT2D eigenvalue weighted by atomic mass is 15.5. The molecule has 0 bridgehead atoms. The van der Waals surface area contributed by atoms with Crippen LogP contribution in [0.2, 0.25) is 0 Å². The number of nitrogen functional groups attached to an aromatic ring is 1. The van der Waals surface area contributed by atoms with E-state index in [0.717, 1.165) is 5.69 Å². The van der Waals surface area contributed by atoms with Crippen molar-refractivity contribution >= 4 is 22.8 Å². The zero-order chi connectivity index (χ0) is 11.7. The smallest absolute Gasteiger partial charge is 0.199 e. The molecule has 0 aliphatic rings. The molecular weight excluding hydrogens is 218 g/mol. The number of nitrogens with two attached hydrogens (primary N) is 1. The summed E-state index contributed by atoms with van der Waals surface area (Å²) in [4.78, 5) is 4.05. The summed E-state index contributed by atoms with van der Waals surface area (Å²) in [6, 6.07) is 7.41. The molecular formula is C10H9N7. The molecule has 7 heteroatoms. The van der Waals surface area contributed by atoms with Crippen molar-refractivity contribution < 1.29 is 0 Å². The first kappa shape index (κ1) is 9.52. The van der Waals surface area contributed by atoms with Crippen LogP contribution in [0.1, 0.15) is 0 Å². The number of benzene rings is 1. The summed E-state index contributed by atoms with van der Waals surface area (Å²) < 4.78 is 1.57. The van der Waals surface area contributed by atoms with Gasteiger partial charge in [-0.2, -0.15) is 4.52 Å². The highest BCUT2D eigenvalue weighted by molar-refractivity contribution is 5.62. The van der Waals surface area contributed by atoms with Crippen LogP contribution in [0, 0.1) is 0 Å². The fourth-order valence-electron chi connectivity index (χ4n) is 1.52. The first-order chi connectivity index (χ1) is 8.33. The molecule has 3 N–H and O–H groups in total.